The SMILES string of the molecule is BrCc1ccc(-c2ccccc2)c2c1ccc1c(Br)cc(-c3ccccc3)cc12. The maximum absolute atomic E-state index is 3.84. The smallest absolute Gasteiger partial charge is 0.0289 e. The number of alkyl halides is 1. The van der Waals surface area contributed by atoms with Crippen molar-refractivity contribution in [2.45, 2.75) is 5.33 Å². The Labute approximate surface area is 187 Å². The lowest BCUT2D eigenvalue weighted by atomic mass is 9.90. The zero-order valence-corrected chi connectivity index (χ0v) is 18.9. The Morgan fingerprint density at radius 2 is 1.21 bits per heavy atom. The third-order valence-electron chi connectivity index (χ3n) is 5.49. The van der Waals surface area contributed by atoms with E-state index in [1.54, 1.807) is 0 Å². The van der Waals surface area contributed by atoms with E-state index in [-0.39, 0.29) is 0 Å². The van der Waals surface area contributed by atoms with Crippen molar-refractivity contribution in [3.8, 4) is 22.3 Å². The van der Waals surface area contributed by atoms with Gasteiger partial charge < -0.3 is 0 Å². The monoisotopic (exact) mass is 500 g/mol. The van der Waals surface area contributed by atoms with Gasteiger partial charge in [-0.3, -0.25) is 0 Å². The molecule has 140 valence electrons. The fourth-order valence-electron chi connectivity index (χ4n) is 4.08. The van der Waals surface area contributed by atoms with Gasteiger partial charge in [-0.15, -0.1) is 0 Å². The van der Waals surface area contributed by atoms with Gasteiger partial charge in [-0.05, 0) is 61.5 Å². The van der Waals surface area contributed by atoms with Crippen LogP contribution in [0.15, 0.2) is 102 Å². The highest BCUT2D eigenvalue weighted by Crippen LogP contribution is 2.40. The van der Waals surface area contributed by atoms with E-state index in [1.807, 2.05) is 0 Å². The topological polar surface area (TPSA) is 0 Å². The van der Waals surface area contributed by atoms with E-state index in [9.17, 15) is 0 Å². The van der Waals surface area contributed by atoms with Crippen LogP contribution >= 0.6 is 31.9 Å². The quantitative estimate of drug-likeness (QED) is 0.171. The summed E-state index contributed by atoms with van der Waals surface area (Å²) < 4.78 is 1.12. The van der Waals surface area contributed by atoms with Crippen LogP contribution in [-0.4, -0.2) is 0 Å². The number of hydrogen-bond donors (Lipinski definition) is 0. The van der Waals surface area contributed by atoms with Crippen LogP contribution in [0.1, 0.15) is 5.56 Å². The van der Waals surface area contributed by atoms with Gasteiger partial charge in [-0.25, -0.2) is 0 Å². The summed E-state index contributed by atoms with van der Waals surface area (Å²) in [7, 11) is 0. The molecule has 0 nitrogen and oxygen atoms in total. The van der Waals surface area contributed by atoms with Gasteiger partial charge in [-0.1, -0.05) is 117 Å². The molecule has 0 saturated heterocycles. The second kappa shape index (κ2) is 7.78. The first-order chi connectivity index (χ1) is 14.3. The summed E-state index contributed by atoms with van der Waals surface area (Å²) in [6, 6.07) is 34.8. The molecule has 0 N–H and O–H groups in total. The second-order valence-corrected chi connectivity index (χ2v) is 8.59. The first-order valence-electron chi connectivity index (χ1n) is 9.61. The maximum Gasteiger partial charge on any atom is 0.0289 e. The van der Waals surface area contributed by atoms with Crippen molar-refractivity contribution >= 4 is 53.4 Å². The van der Waals surface area contributed by atoms with Crippen LogP contribution in [0.4, 0.5) is 0 Å². The van der Waals surface area contributed by atoms with Crippen molar-refractivity contribution in [1.29, 1.82) is 0 Å². The molecule has 0 radical (unpaired) electrons. The molecule has 0 atom stereocenters. The molecule has 0 unspecified atom stereocenters. The Hall–Kier alpha value is -2.42. The normalized spacial score (nSPS) is 11.2. The van der Waals surface area contributed by atoms with E-state index >= 15 is 0 Å². The fourth-order valence-corrected chi connectivity index (χ4v) is 5.16. The highest BCUT2D eigenvalue weighted by Gasteiger charge is 2.13. The third-order valence-corrected chi connectivity index (χ3v) is 6.75. The lowest BCUT2D eigenvalue weighted by Crippen LogP contribution is -1.90. The number of hydrogen-bond acceptors (Lipinski definition) is 0. The average Bonchev–Trinajstić information content (AvgIpc) is 2.79. The molecule has 0 spiro atoms. The van der Waals surface area contributed by atoms with Gasteiger partial charge in [0.1, 0.15) is 0 Å². The van der Waals surface area contributed by atoms with Crippen LogP contribution in [0.3, 0.4) is 0 Å². The number of halogens is 2. The third kappa shape index (κ3) is 3.31. The Morgan fingerprint density at radius 3 is 1.90 bits per heavy atom. The van der Waals surface area contributed by atoms with Gasteiger partial charge in [0.15, 0.2) is 0 Å². The highest BCUT2D eigenvalue weighted by molar-refractivity contribution is 9.10. The van der Waals surface area contributed by atoms with E-state index < -0.39 is 0 Å². The fraction of sp³-hybridized carbons (Fsp3) is 0.0370. The van der Waals surface area contributed by atoms with Crippen LogP contribution in [-0.2, 0) is 5.33 Å². The molecule has 0 aliphatic heterocycles. The minimum absolute atomic E-state index is 0.837. The van der Waals surface area contributed by atoms with Gasteiger partial charge >= 0.3 is 0 Å². The predicted molar refractivity (Wildman–Crippen MR) is 133 cm³/mol. The first-order valence-corrected chi connectivity index (χ1v) is 11.5. The molecule has 0 fully saturated rings. The van der Waals surface area contributed by atoms with Crippen LogP contribution in [0.5, 0.6) is 0 Å². The molecule has 2 heteroatoms. The van der Waals surface area contributed by atoms with E-state index in [2.05, 4.69) is 129 Å². The lowest BCUT2D eigenvalue weighted by Gasteiger charge is -2.15. The minimum atomic E-state index is 0.837. The van der Waals surface area contributed by atoms with E-state index in [0.717, 1.165) is 9.80 Å². The Bertz CT molecular complexity index is 1320. The average molecular weight is 502 g/mol. The molecular formula is C27H18Br2. The summed E-state index contributed by atoms with van der Waals surface area (Å²) in [4.78, 5) is 0. The molecule has 0 aliphatic carbocycles. The van der Waals surface area contributed by atoms with Crippen molar-refractivity contribution in [2.24, 2.45) is 0 Å². The van der Waals surface area contributed by atoms with Gasteiger partial charge in [0.05, 0.1) is 0 Å². The maximum atomic E-state index is 3.84. The molecule has 0 aliphatic rings. The summed E-state index contributed by atoms with van der Waals surface area (Å²) in [5.41, 5.74) is 6.27. The van der Waals surface area contributed by atoms with Crippen molar-refractivity contribution in [1.82, 2.24) is 0 Å². The molecule has 0 bridgehead atoms. The largest absolute Gasteiger partial charge is 0.0876 e. The highest BCUT2D eigenvalue weighted by atomic mass is 79.9. The molecule has 0 saturated carbocycles. The van der Waals surface area contributed by atoms with Crippen LogP contribution < -0.4 is 0 Å². The van der Waals surface area contributed by atoms with Gasteiger partial charge in [0.25, 0.3) is 0 Å². The van der Waals surface area contributed by atoms with Crippen LogP contribution in [0.2, 0.25) is 0 Å². The summed E-state index contributed by atoms with van der Waals surface area (Å²) in [5, 5.41) is 5.96. The standard InChI is InChI=1S/C27H18Br2/c28-17-20-11-12-22(19-9-5-2-6-10-19)27-23(20)13-14-24-25(27)15-21(16-26(24)29)18-7-3-1-4-8-18/h1-16H,17H2. The molecule has 0 amide bonds. The van der Waals surface area contributed by atoms with Crippen molar-refractivity contribution in [2.75, 3.05) is 0 Å². The summed E-state index contributed by atoms with van der Waals surface area (Å²) in [6.07, 6.45) is 0. The molecular weight excluding hydrogens is 484 g/mol. The van der Waals surface area contributed by atoms with Crippen LogP contribution in [0.25, 0.3) is 43.8 Å². The van der Waals surface area contributed by atoms with E-state index in [0.29, 0.717) is 0 Å². The van der Waals surface area contributed by atoms with Crippen LogP contribution in [0, 0.1) is 0 Å². The van der Waals surface area contributed by atoms with Crippen molar-refractivity contribution in [3.05, 3.63) is 107 Å². The van der Waals surface area contributed by atoms with Crippen molar-refractivity contribution < 1.29 is 0 Å². The summed E-state index contributed by atoms with van der Waals surface area (Å²) >= 11 is 7.52. The molecule has 5 aromatic rings. The molecule has 5 aromatic carbocycles. The zero-order chi connectivity index (χ0) is 19.8. The number of benzene rings is 5. The van der Waals surface area contributed by atoms with Crippen molar-refractivity contribution in [3.63, 3.8) is 0 Å². The van der Waals surface area contributed by atoms with Gasteiger partial charge in [0, 0.05) is 9.80 Å². The first kappa shape index (κ1) is 18.6. The second-order valence-electron chi connectivity index (χ2n) is 7.18. The van der Waals surface area contributed by atoms with E-state index in [1.165, 1.54) is 49.4 Å². The van der Waals surface area contributed by atoms with Gasteiger partial charge in [-0.2, -0.15) is 0 Å². The molecule has 0 aromatic heterocycles. The Kier molecular flexibility index (Phi) is 4.99. The summed E-state index contributed by atoms with van der Waals surface area (Å²) in [6.45, 7) is 0. The van der Waals surface area contributed by atoms with E-state index in [4.69, 9.17) is 0 Å². The summed E-state index contributed by atoms with van der Waals surface area (Å²) in [5.74, 6) is 0. The zero-order valence-electron chi connectivity index (χ0n) is 15.7. The molecule has 0 heterocycles. The molecule has 29 heavy (non-hydrogen) atoms. The van der Waals surface area contributed by atoms with Gasteiger partial charge in [0.2, 0.25) is 0 Å². The molecule has 5 rings (SSSR count). The minimum Gasteiger partial charge on any atom is -0.0876 e. The lowest BCUT2D eigenvalue weighted by molar-refractivity contribution is 1.49. The number of rotatable bonds is 3. The number of fused-ring (bicyclic) bond motifs is 3. The Balaban J connectivity index is 1.93. The Morgan fingerprint density at radius 1 is 0.552 bits per heavy atom. The predicted octanol–water partition coefficient (Wildman–Crippen LogP) is 8.98.